The lowest BCUT2D eigenvalue weighted by atomic mass is 10.2. The number of halogens is 4. The van der Waals surface area contributed by atoms with E-state index >= 15 is 0 Å². The van der Waals surface area contributed by atoms with E-state index in [1.54, 1.807) is 12.1 Å². The van der Waals surface area contributed by atoms with Crippen molar-refractivity contribution in [3.63, 3.8) is 0 Å². The third kappa shape index (κ3) is 3.04. The first-order valence-electron chi connectivity index (χ1n) is 5.19. The Labute approximate surface area is 111 Å². The number of hydrogen-bond donors (Lipinski definition) is 1. The van der Waals surface area contributed by atoms with Gasteiger partial charge in [-0.3, -0.25) is 0 Å². The van der Waals surface area contributed by atoms with Crippen molar-refractivity contribution in [3.05, 3.63) is 63.9 Å². The molecule has 0 aliphatic carbocycles. The van der Waals surface area contributed by atoms with Crippen LogP contribution in [0, 0.1) is 17.5 Å². The number of anilines is 1. The summed E-state index contributed by atoms with van der Waals surface area (Å²) in [5.74, 6) is -1.72. The van der Waals surface area contributed by atoms with Gasteiger partial charge in [-0.25, -0.2) is 13.2 Å². The highest BCUT2D eigenvalue weighted by molar-refractivity contribution is 9.10. The highest BCUT2D eigenvalue weighted by Gasteiger charge is 2.06. The molecule has 1 N–H and O–H groups in total. The van der Waals surface area contributed by atoms with E-state index < -0.39 is 17.5 Å². The van der Waals surface area contributed by atoms with Gasteiger partial charge in [0.1, 0.15) is 17.5 Å². The normalized spacial score (nSPS) is 10.4. The average Bonchev–Trinajstić information content (AvgIpc) is 2.32. The van der Waals surface area contributed by atoms with Crippen molar-refractivity contribution < 1.29 is 13.2 Å². The van der Waals surface area contributed by atoms with Crippen molar-refractivity contribution >= 4 is 21.6 Å². The van der Waals surface area contributed by atoms with Crippen LogP contribution in [0.25, 0.3) is 0 Å². The molecule has 0 aliphatic heterocycles. The van der Waals surface area contributed by atoms with Crippen molar-refractivity contribution in [2.45, 2.75) is 6.54 Å². The molecule has 0 unspecified atom stereocenters. The lowest BCUT2D eigenvalue weighted by Gasteiger charge is -2.09. The molecule has 0 saturated carbocycles. The van der Waals surface area contributed by atoms with Crippen molar-refractivity contribution in [1.29, 1.82) is 0 Å². The predicted molar refractivity (Wildman–Crippen MR) is 67.8 cm³/mol. The van der Waals surface area contributed by atoms with Crippen molar-refractivity contribution in [2.75, 3.05) is 5.32 Å². The molecule has 0 aromatic heterocycles. The van der Waals surface area contributed by atoms with Crippen LogP contribution < -0.4 is 5.32 Å². The Kier molecular flexibility index (Phi) is 3.91. The van der Waals surface area contributed by atoms with Gasteiger partial charge in [-0.15, -0.1) is 0 Å². The number of rotatable bonds is 3. The Morgan fingerprint density at radius 3 is 2.44 bits per heavy atom. The molecule has 1 nitrogen and oxygen atoms in total. The van der Waals surface area contributed by atoms with Gasteiger partial charge in [0.25, 0.3) is 0 Å². The molecule has 0 heterocycles. The van der Waals surface area contributed by atoms with Crippen molar-refractivity contribution in [2.24, 2.45) is 0 Å². The van der Waals surface area contributed by atoms with Crippen LogP contribution in [0.4, 0.5) is 18.9 Å². The first-order valence-corrected chi connectivity index (χ1v) is 5.98. The van der Waals surface area contributed by atoms with Crippen LogP contribution >= 0.6 is 15.9 Å². The predicted octanol–water partition coefficient (Wildman–Crippen LogP) is 4.48. The van der Waals surface area contributed by atoms with E-state index in [0.717, 1.165) is 12.1 Å². The second-order valence-electron chi connectivity index (χ2n) is 3.71. The quantitative estimate of drug-likeness (QED) is 0.880. The number of benzene rings is 2. The minimum Gasteiger partial charge on any atom is -0.378 e. The molecule has 0 radical (unpaired) electrons. The second-order valence-corrected chi connectivity index (χ2v) is 4.63. The van der Waals surface area contributed by atoms with E-state index in [1.165, 1.54) is 12.1 Å². The fourth-order valence-electron chi connectivity index (χ4n) is 1.49. The molecule has 18 heavy (non-hydrogen) atoms. The second kappa shape index (κ2) is 5.44. The summed E-state index contributed by atoms with van der Waals surface area (Å²) >= 11 is 3.22. The molecular weight excluding hydrogens is 307 g/mol. The van der Waals surface area contributed by atoms with Crippen LogP contribution in [0.15, 0.2) is 40.9 Å². The minimum absolute atomic E-state index is 0.0828. The Hall–Kier alpha value is -1.49. The first kappa shape index (κ1) is 13.0. The largest absolute Gasteiger partial charge is 0.378 e. The van der Waals surface area contributed by atoms with E-state index in [2.05, 4.69) is 21.2 Å². The molecule has 0 amide bonds. The minimum atomic E-state index is -0.655. The molecule has 2 rings (SSSR count). The van der Waals surface area contributed by atoms with Crippen LogP contribution in [0.2, 0.25) is 0 Å². The maximum Gasteiger partial charge on any atom is 0.146 e. The van der Waals surface area contributed by atoms with Gasteiger partial charge in [-0.1, -0.05) is 22.0 Å². The van der Waals surface area contributed by atoms with Crippen molar-refractivity contribution in [3.8, 4) is 0 Å². The lowest BCUT2D eigenvalue weighted by Crippen LogP contribution is -2.03. The summed E-state index contributed by atoms with van der Waals surface area (Å²) in [5, 5.41) is 2.76. The van der Waals surface area contributed by atoms with E-state index in [-0.39, 0.29) is 17.8 Å². The smallest absolute Gasteiger partial charge is 0.146 e. The summed E-state index contributed by atoms with van der Waals surface area (Å²) in [7, 11) is 0. The van der Waals surface area contributed by atoms with Crippen LogP contribution in [0.3, 0.4) is 0 Å². The summed E-state index contributed by atoms with van der Waals surface area (Å²) in [5.41, 5.74) is 0.531. The Morgan fingerprint density at radius 2 is 1.72 bits per heavy atom. The van der Waals surface area contributed by atoms with E-state index in [9.17, 15) is 13.2 Å². The van der Waals surface area contributed by atoms with Gasteiger partial charge < -0.3 is 5.32 Å². The zero-order chi connectivity index (χ0) is 13.1. The lowest BCUT2D eigenvalue weighted by molar-refractivity contribution is 0.573. The maximum absolute atomic E-state index is 13.4. The van der Waals surface area contributed by atoms with Gasteiger partial charge in [0.2, 0.25) is 0 Å². The molecule has 94 valence electrons. The average molecular weight is 316 g/mol. The van der Waals surface area contributed by atoms with Gasteiger partial charge in [0.05, 0.1) is 5.69 Å². The summed E-state index contributed by atoms with van der Waals surface area (Å²) in [6, 6.07) is 7.71. The Morgan fingerprint density at radius 1 is 0.944 bits per heavy atom. The van der Waals surface area contributed by atoms with E-state index in [1.807, 2.05) is 0 Å². The van der Waals surface area contributed by atoms with Crippen molar-refractivity contribution in [1.82, 2.24) is 0 Å². The topological polar surface area (TPSA) is 12.0 Å². The van der Waals surface area contributed by atoms with Gasteiger partial charge in [-0.2, -0.15) is 0 Å². The summed E-state index contributed by atoms with van der Waals surface area (Å²) in [4.78, 5) is 0. The first-order chi connectivity index (χ1) is 8.56. The third-order valence-electron chi connectivity index (χ3n) is 2.41. The Bertz CT molecular complexity index is 572. The molecule has 0 spiro atoms. The SMILES string of the molecule is Fc1ccc(CNc2cc(Br)ccc2F)c(F)c1. The molecule has 0 atom stereocenters. The van der Waals surface area contributed by atoms with Gasteiger partial charge in [-0.05, 0) is 24.3 Å². The van der Waals surface area contributed by atoms with Crippen LogP contribution in [0.1, 0.15) is 5.56 Å². The van der Waals surface area contributed by atoms with Crippen LogP contribution in [-0.4, -0.2) is 0 Å². The number of hydrogen-bond acceptors (Lipinski definition) is 1. The molecular formula is C13H9BrF3N. The zero-order valence-corrected chi connectivity index (χ0v) is 10.8. The summed E-state index contributed by atoms with van der Waals surface area (Å²) in [6.45, 7) is 0.0828. The summed E-state index contributed by atoms with van der Waals surface area (Å²) < 4.78 is 40.2. The van der Waals surface area contributed by atoms with Gasteiger partial charge >= 0.3 is 0 Å². The standard InChI is InChI=1S/C13H9BrF3N/c14-9-2-4-11(16)13(5-9)18-7-8-1-3-10(15)6-12(8)17/h1-6,18H,7H2. The highest BCUT2D eigenvalue weighted by atomic mass is 79.9. The maximum atomic E-state index is 13.4. The highest BCUT2D eigenvalue weighted by Crippen LogP contribution is 2.21. The molecule has 0 saturated heterocycles. The zero-order valence-electron chi connectivity index (χ0n) is 9.18. The fourth-order valence-corrected chi connectivity index (χ4v) is 1.85. The molecule has 2 aromatic carbocycles. The Balaban J connectivity index is 2.13. The molecule has 0 aliphatic rings. The van der Waals surface area contributed by atoms with Crippen LogP contribution in [-0.2, 0) is 6.54 Å². The van der Waals surface area contributed by atoms with E-state index in [0.29, 0.717) is 4.47 Å². The molecule has 5 heteroatoms. The molecule has 2 aromatic rings. The van der Waals surface area contributed by atoms with Crippen LogP contribution in [0.5, 0.6) is 0 Å². The van der Waals surface area contributed by atoms with E-state index in [4.69, 9.17) is 0 Å². The monoisotopic (exact) mass is 315 g/mol. The summed E-state index contributed by atoms with van der Waals surface area (Å²) in [6.07, 6.45) is 0. The molecule has 0 bridgehead atoms. The fraction of sp³-hybridized carbons (Fsp3) is 0.0769. The molecule has 0 fully saturated rings. The van der Waals surface area contributed by atoms with Gasteiger partial charge in [0.15, 0.2) is 0 Å². The third-order valence-corrected chi connectivity index (χ3v) is 2.91. The number of nitrogens with one attached hydrogen (secondary N) is 1. The van der Waals surface area contributed by atoms with Gasteiger partial charge in [0, 0.05) is 22.6 Å².